The Kier molecular flexibility index (Phi) is 59.9. The van der Waals surface area contributed by atoms with E-state index in [1.54, 1.807) is 18.2 Å². The van der Waals surface area contributed by atoms with E-state index < -0.39 is 29.6 Å². The first-order valence-electron chi connectivity index (χ1n) is 12.3. The van der Waals surface area contributed by atoms with Gasteiger partial charge in [-0.1, -0.05) is 18.2 Å². The molecule has 0 aliphatic heterocycles. The molecule has 49 heavy (non-hydrogen) atoms. The van der Waals surface area contributed by atoms with Crippen LogP contribution in [0.3, 0.4) is 0 Å². The third-order valence-electron chi connectivity index (χ3n) is 3.89. The summed E-state index contributed by atoms with van der Waals surface area (Å²) in [6.45, 7) is 13.1. The maximum atomic E-state index is 11.1. The quantitative estimate of drug-likeness (QED) is 0.132. The summed E-state index contributed by atoms with van der Waals surface area (Å²) in [5.41, 5.74) is 0.255. The average molecular weight is 917 g/mol. The van der Waals surface area contributed by atoms with Crippen molar-refractivity contribution in [3.8, 4) is 0 Å². The molecule has 0 radical (unpaired) electrons. The van der Waals surface area contributed by atoms with Gasteiger partial charge in [0, 0.05) is 18.8 Å². The molecule has 0 spiro atoms. The van der Waals surface area contributed by atoms with Crippen molar-refractivity contribution < 1.29 is 73.3 Å². The molecule has 29 heteroatoms. The zero-order valence-corrected chi connectivity index (χ0v) is 37.8. The first-order chi connectivity index (χ1) is 23.2. The van der Waals surface area contributed by atoms with Gasteiger partial charge in [0.25, 0.3) is 65.2 Å². The van der Waals surface area contributed by atoms with Crippen LogP contribution in [0.25, 0.3) is 0 Å². The van der Waals surface area contributed by atoms with E-state index in [1.165, 1.54) is 0 Å². The van der Waals surface area contributed by atoms with Gasteiger partial charge in [0.05, 0.1) is 24.4 Å². The molecule has 0 aliphatic rings. The van der Waals surface area contributed by atoms with E-state index in [9.17, 15) is 9.13 Å². The number of benzene rings is 1. The van der Waals surface area contributed by atoms with Crippen LogP contribution in [0, 0.1) is 0 Å². The Labute approximate surface area is 305 Å². The normalized spacial score (nSPS) is 11.9. The van der Waals surface area contributed by atoms with Crippen LogP contribution in [0.2, 0.25) is 0 Å². The van der Waals surface area contributed by atoms with Crippen LogP contribution in [-0.2, 0) is 73.3 Å². The predicted molar refractivity (Wildman–Crippen MR) is 194 cm³/mol. The van der Waals surface area contributed by atoms with Crippen LogP contribution >= 0.6 is 101 Å². The molecule has 0 heterocycles. The van der Waals surface area contributed by atoms with Crippen molar-refractivity contribution in [2.24, 2.45) is 0 Å². The summed E-state index contributed by atoms with van der Waals surface area (Å²) in [5, 5.41) is 0. The summed E-state index contributed by atoms with van der Waals surface area (Å²) < 4.78 is 132. The van der Waals surface area contributed by atoms with Gasteiger partial charge in [0.15, 0.2) is 0 Å². The molecule has 1 aromatic rings. The molecule has 276 valence electrons. The summed E-state index contributed by atoms with van der Waals surface area (Å²) >= 11 is 0. The molecule has 0 N–H and O–H groups in total. The standard InChI is InChI=1S/C20H33NO6P2.4O2P2.2HOP/c1-19(2,3)24-14-17(26-28-22)12-21(16-10-8-7-9-11-16)13-18(27-29-23)15-25-20(4,5)6;4*1-3-4-2;2*1-2/h7-11,17-18H,12-15H2,1-6H3;;;;;2*2H. The van der Waals surface area contributed by atoms with E-state index in [0.29, 0.717) is 13.1 Å². The summed E-state index contributed by atoms with van der Waals surface area (Å²) in [5.74, 6) is 0. The van der Waals surface area contributed by atoms with Crippen LogP contribution < -0.4 is 4.90 Å². The first-order valence-corrected chi connectivity index (χ1v) is 23.9. The van der Waals surface area contributed by atoms with Gasteiger partial charge in [0.2, 0.25) is 0 Å². The minimum atomic E-state index is -0.428. The van der Waals surface area contributed by atoms with E-state index >= 15 is 0 Å². The summed E-state index contributed by atoms with van der Waals surface area (Å²) in [7, 11) is -0.0448. The van der Waals surface area contributed by atoms with Gasteiger partial charge in [-0.05, 0) is 53.7 Å². The molecule has 17 nitrogen and oxygen atoms in total. The van der Waals surface area contributed by atoms with Crippen molar-refractivity contribution in [1.82, 2.24) is 0 Å². The van der Waals surface area contributed by atoms with Crippen LogP contribution in [0.4, 0.5) is 5.69 Å². The molecule has 0 saturated heterocycles. The SMILES string of the molecule is CC(C)(C)OCC(CN(CC(COC(C)(C)C)OP=O)c1ccccc1)OP=O.O=P.O=P.O=PP=O.O=PP=O.O=PP=O.O=PP=O. The van der Waals surface area contributed by atoms with E-state index in [1.807, 2.05) is 76.8 Å². The van der Waals surface area contributed by atoms with Crippen LogP contribution in [0.15, 0.2) is 30.3 Å². The number of anilines is 1. The second kappa shape index (κ2) is 48.1. The number of rotatable bonds is 17. The van der Waals surface area contributed by atoms with Crippen molar-refractivity contribution in [3.63, 3.8) is 0 Å². The molecular formula is C20H35NO16P12. The van der Waals surface area contributed by atoms with E-state index in [4.69, 9.17) is 64.2 Å². The van der Waals surface area contributed by atoms with Crippen molar-refractivity contribution in [2.75, 3.05) is 31.2 Å². The lowest BCUT2D eigenvalue weighted by molar-refractivity contribution is -0.0419. The fraction of sp³-hybridized carbons (Fsp3) is 0.700. The molecule has 1 aromatic carbocycles. The van der Waals surface area contributed by atoms with E-state index in [-0.39, 0.29) is 89.6 Å². The molecule has 0 aromatic heterocycles. The maximum absolute atomic E-state index is 11.1. The molecule has 0 bridgehead atoms. The Morgan fingerprint density at radius 2 is 0.796 bits per heavy atom. The van der Waals surface area contributed by atoms with E-state index in [2.05, 4.69) is 0 Å². The van der Waals surface area contributed by atoms with E-state index in [0.717, 1.165) is 5.69 Å². The highest BCUT2D eigenvalue weighted by Crippen LogP contribution is 2.21. The van der Waals surface area contributed by atoms with Gasteiger partial charge in [-0.2, -0.15) is 0 Å². The highest BCUT2D eigenvalue weighted by molar-refractivity contribution is 8.00. The van der Waals surface area contributed by atoms with Crippen molar-refractivity contribution in [3.05, 3.63) is 30.3 Å². The minimum Gasteiger partial charge on any atom is -0.373 e. The second-order valence-corrected chi connectivity index (χ2v) is 15.3. The third kappa shape index (κ3) is 57.6. The monoisotopic (exact) mass is 917 g/mol. The van der Waals surface area contributed by atoms with Crippen LogP contribution in [-0.4, -0.2) is 49.7 Å². The van der Waals surface area contributed by atoms with Gasteiger partial charge in [-0.15, -0.1) is 0 Å². The zero-order chi connectivity index (χ0) is 39.6. The molecular weight excluding hydrogens is 882 g/mol. The highest BCUT2D eigenvalue weighted by atomic mass is 32.0. The molecule has 0 fully saturated rings. The van der Waals surface area contributed by atoms with Gasteiger partial charge in [-0.3, -0.25) is 54.7 Å². The van der Waals surface area contributed by atoms with Crippen molar-refractivity contribution in [2.45, 2.75) is 65.0 Å². The Bertz CT molecular complexity index is 914. The fourth-order valence-corrected chi connectivity index (χ4v) is 2.95. The number of ether oxygens (including phenoxy) is 2. The lowest BCUT2D eigenvalue weighted by atomic mass is 10.2. The predicted octanol–water partition coefficient (Wildman–Crippen LogP) is 12.2. The zero-order valence-electron chi connectivity index (χ0n) is 26.8. The summed E-state index contributed by atoms with van der Waals surface area (Å²) in [6.07, 6.45) is -0.856. The second-order valence-electron chi connectivity index (χ2n) is 9.34. The molecule has 0 amide bonds. The number of nitrogens with zero attached hydrogens (tertiary/aromatic N) is 1. The molecule has 2 unspecified atom stereocenters. The van der Waals surface area contributed by atoms with Crippen molar-refractivity contribution in [1.29, 1.82) is 0 Å². The Hall–Kier alpha value is 0.0600. The Balaban J connectivity index is -0.000000189. The lowest BCUT2D eigenvalue weighted by Gasteiger charge is -2.32. The number of hydrogen-bond acceptors (Lipinski definition) is 17. The number of para-hydroxylation sites is 1. The van der Waals surface area contributed by atoms with Gasteiger partial charge in [-0.25, -0.2) is 9.13 Å². The molecule has 1 rings (SSSR count). The highest BCUT2D eigenvalue weighted by Gasteiger charge is 2.24. The largest absolute Gasteiger partial charge is 0.373 e. The summed E-state index contributed by atoms with van der Waals surface area (Å²) in [6, 6.07) is 9.73. The Morgan fingerprint density at radius 1 is 0.531 bits per heavy atom. The maximum Gasteiger partial charge on any atom is 0.327 e. The molecule has 0 aliphatic carbocycles. The molecule has 2 atom stereocenters. The smallest absolute Gasteiger partial charge is 0.327 e. The van der Waals surface area contributed by atoms with Crippen molar-refractivity contribution >= 4 is 106 Å². The fourth-order valence-electron chi connectivity index (χ4n) is 2.46. The van der Waals surface area contributed by atoms with Gasteiger partial charge < -0.3 is 14.4 Å². The third-order valence-corrected chi connectivity index (χ3v) is 5.73. The van der Waals surface area contributed by atoms with Crippen LogP contribution in [0.5, 0.6) is 0 Å². The number of hydrogen-bond donors (Lipinski definition) is 0. The van der Waals surface area contributed by atoms with Crippen LogP contribution in [0.1, 0.15) is 41.5 Å². The minimum absolute atomic E-state index is 0.284. The lowest BCUT2D eigenvalue weighted by Crippen LogP contribution is -2.43. The summed E-state index contributed by atoms with van der Waals surface area (Å²) in [4.78, 5) is 2.03. The van der Waals surface area contributed by atoms with Gasteiger partial charge >= 0.3 is 17.4 Å². The topological polar surface area (TPSA) is 245 Å². The molecule has 0 saturated carbocycles. The Morgan fingerprint density at radius 3 is 1.00 bits per heavy atom. The average Bonchev–Trinajstić information content (AvgIpc) is 3.11. The first kappa shape index (κ1) is 61.1. The van der Waals surface area contributed by atoms with Gasteiger partial charge in [0.1, 0.15) is 30.4 Å².